The van der Waals surface area contributed by atoms with Crippen LogP contribution in [0.15, 0.2) is 22.8 Å². The topological polar surface area (TPSA) is 42.7 Å². The second kappa shape index (κ2) is 6.50. The highest BCUT2D eigenvalue weighted by Crippen LogP contribution is 2.25. The van der Waals surface area contributed by atoms with Crippen molar-refractivity contribution in [2.45, 2.75) is 33.2 Å². The van der Waals surface area contributed by atoms with E-state index in [9.17, 15) is 0 Å². The van der Waals surface area contributed by atoms with E-state index < -0.39 is 0 Å². The monoisotopic (exact) mass is 336 g/mol. The van der Waals surface area contributed by atoms with Crippen molar-refractivity contribution in [1.29, 1.82) is 0 Å². The summed E-state index contributed by atoms with van der Waals surface area (Å²) in [7, 11) is 1.93. The summed E-state index contributed by atoms with van der Waals surface area (Å²) in [6.45, 7) is 7.32. The van der Waals surface area contributed by atoms with E-state index in [0.29, 0.717) is 0 Å². The second-order valence-electron chi connectivity index (χ2n) is 5.13. The van der Waals surface area contributed by atoms with Gasteiger partial charge >= 0.3 is 0 Å². The number of benzene rings is 1. The maximum Gasteiger partial charge on any atom is 0.153 e. The van der Waals surface area contributed by atoms with Gasteiger partial charge in [0, 0.05) is 7.05 Å². The van der Waals surface area contributed by atoms with E-state index in [0.717, 1.165) is 23.3 Å². The number of aryl methyl sites for hydroxylation is 3. The van der Waals surface area contributed by atoms with Crippen molar-refractivity contribution >= 4 is 15.9 Å². The third-order valence-electron chi connectivity index (χ3n) is 3.54. The quantitative estimate of drug-likeness (QED) is 0.912. The van der Waals surface area contributed by atoms with Crippen LogP contribution in [0.3, 0.4) is 0 Å². The Balaban J connectivity index is 2.33. The van der Waals surface area contributed by atoms with Crippen molar-refractivity contribution in [2.24, 2.45) is 7.05 Å². The highest BCUT2D eigenvalue weighted by atomic mass is 79.9. The molecule has 0 aliphatic rings. The fourth-order valence-corrected chi connectivity index (χ4v) is 3.06. The molecule has 1 heterocycles. The molecule has 2 aromatic rings. The van der Waals surface area contributed by atoms with Crippen molar-refractivity contribution in [2.75, 3.05) is 6.54 Å². The van der Waals surface area contributed by atoms with Gasteiger partial charge in [-0.2, -0.15) is 0 Å². The van der Waals surface area contributed by atoms with Gasteiger partial charge in [-0.1, -0.05) is 35.9 Å². The fraction of sp³-hybridized carbons (Fsp3) is 0.467. The summed E-state index contributed by atoms with van der Waals surface area (Å²) in [5.41, 5.74) is 5.07. The predicted molar refractivity (Wildman–Crippen MR) is 84.7 cm³/mol. The van der Waals surface area contributed by atoms with Crippen molar-refractivity contribution < 1.29 is 0 Å². The summed E-state index contributed by atoms with van der Waals surface area (Å²) < 4.78 is 2.65. The Morgan fingerprint density at radius 2 is 2.10 bits per heavy atom. The molecule has 1 atom stereocenters. The molecule has 1 aromatic heterocycles. The summed E-state index contributed by atoms with van der Waals surface area (Å²) in [6.07, 6.45) is 0.932. The molecule has 1 unspecified atom stereocenters. The summed E-state index contributed by atoms with van der Waals surface area (Å²) >= 11 is 3.50. The maximum absolute atomic E-state index is 4.09. The van der Waals surface area contributed by atoms with Gasteiger partial charge in [0.15, 0.2) is 4.60 Å². The number of hydrogen-bond acceptors (Lipinski definition) is 3. The SMILES string of the molecule is CCNC(Cc1cc(C)ccc1C)c1c(Br)nnn1C. The molecule has 0 amide bonds. The third-order valence-corrected chi connectivity index (χ3v) is 4.10. The summed E-state index contributed by atoms with van der Waals surface area (Å²) in [5, 5.41) is 11.7. The minimum absolute atomic E-state index is 0.204. The number of nitrogens with one attached hydrogen (secondary N) is 1. The molecule has 108 valence electrons. The molecule has 1 aromatic carbocycles. The standard InChI is InChI=1S/C15H21BrN4/c1-5-17-13(14-15(16)18-19-20(14)4)9-12-8-10(2)6-7-11(12)3/h6-8,13,17H,5,9H2,1-4H3. The molecule has 0 fully saturated rings. The van der Waals surface area contributed by atoms with Gasteiger partial charge in [0.1, 0.15) is 0 Å². The number of hydrogen-bond donors (Lipinski definition) is 1. The maximum atomic E-state index is 4.09. The van der Waals surface area contributed by atoms with Crippen LogP contribution in [-0.2, 0) is 13.5 Å². The van der Waals surface area contributed by atoms with E-state index in [-0.39, 0.29) is 6.04 Å². The molecule has 0 saturated carbocycles. The molecule has 20 heavy (non-hydrogen) atoms. The van der Waals surface area contributed by atoms with Crippen molar-refractivity contribution in [3.63, 3.8) is 0 Å². The molecule has 0 aliphatic heterocycles. The molecule has 0 aliphatic carbocycles. The summed E-state index contributed by atoms with van der Waals surface area (Å²) in [5.74, 6) is 0. The van der Waals surface area contributed by atoms with Crippen molar-refractivity contribution in [3.05, 3.63) is 45.2 Å². The molecule has 4 nitrogen and oxygen atoms in total. The van der Waals surface area contributed by atoms with Gasteiger partial charge in [0.2, 0.25) is 0 Å². The van der Waals surface area contributed by atoms with Crippen LogP contribution in [0.4, 0.5) is 0 Å². The lowest BCUT2D eigenvalue weighted by atomic mass is 9.97. The van der Waals surface area contributed by atoms with Gasteiger partial charge in [0.05, 0.1) is 11.7 Å². The van der Waals surface area contributed by atoms with Crippen LogP contribution < -0.4 is 5.32 Å². The van der Waals surface area contributed by atoms with E-state index in [1.165, 1.54) is 16.7 Å². The first kappa shape index (κ1) is 15.2. The van der Waals surface area contributed by atoms with Gasteiger partial charge in [-0.05, 0) is 53.9 Å². The zero-order valence-electron chi connectivity index (χ0n) is 12.4. The fourth-order valence-electron chi connectivity index (χ4n) is 2.46. The first-order valence-corrected chi connectivity index (χ1v) is 7.66. The molecule has 0 saturated heterocycles. The predicted octanol–water partition coefficient (Wildman–Crippen LogP) is 3.09. The van der Waals surface area contributed by atoms with Crippen LogP contribution in [0.1, 0.15) is 35.3 Å². The first-order chi connectivity index (χ1) is 9.52. The Bertz CT molecular complexity index is 572. The zero-order valence-corrected chi connectivity index (χ0v) is 14.0. The lowest BCUT2D eigenvalue weighted by molar-refractivity contribution is 0.504. The average Bonchev–Trinajstić information content (AvgIpc) is 2.73. The van der Waals surface area contributed by atoms with Crippen LogP contribution in [-0.4, -0.2) is 21.5 Å². The molecule has 0 radical (unpaired) electrons. The first-order valence-electron chi connectivity index (χ1n) is 6.87. The van der Waals surface area contributed by atoms with E-state index in [4.69, 9.17) is 0 Å². The van der Waals surface area contributed by atoms with Gasteiger partial charge in [-0.15, -0.1) is 5.10 Å². The van der Waals surface area contributed by atoms with E-state index in [1.807, 2.05) is 11.7 Å². The Morgan fingerprint density at radius 1 is 1.35 bits per heavy atom. The molecule has 0 bridgehead atoms. The van der Waals surface area contributed by atoms with Gasteiger partial charge in [0.25, 0.3) is 0 Å². The summed E-state index contributed by atoms with van der Waals surface area (Å²) in [6, 6.07) is 6.80. The Hall–Kier alpha value is -1.20. The molecular weight excluding hydrogens is 316 g/mol. The lowest BCUT2D eigenvalue weighted by Crippen LogP contribution is -2.25. The lowest BCUT2D eigenvalue weighted by Gasteiger charge is -2.19. The van der Waals surface area contributed by atoms with Crippen LogP contribution in [0, 0.1) is 13.8 Å². The van der Waals surface area contributed by atoms with Gasteiger partial charge in [-0.25, -0.2) is 4.68 Å². The Morgan fingerprint density at radius 3 is 2.70 bits per heavy atom. The smallest absolute Gasteiger partial charge is 0.153 e. The molecule has 2 rings (SSSR count). The third kappa shape index (κ3) is 3.27. The van der Waals surface area contributed by atoms with Crippen LogP contribution >= 0.6 is 15.9 Å². The highest BCUT2D eigenvalue weighted by molar-refractivity contribution is 9.10. The number of likely N-dealkylation sites (N-methyl/N-ethyl adjacent to an activating group) is 1. The van der Waals surface area contributed by atoms with E-state index >= 15 is 0 Å². The molecular formula is C15H21BrN4. The molecule has 1 N–H and O–H groups in total. The van der Waals surface area contributed by atoms with Crippen molar-refractivity contribution in [1.82, 2.24) is 20.3 Å². The molecule has 0 spiro atoms. The normalized spacial score (nSPS) is 12.7. The number of halogens is 1. The minimum atomic E-state index is 0.204. The van der Waals surface area contributed by atoms with Crippen LogP contribution in [0.2, 0.25) is 0 Å². The molecule has 5 heteroatoms. The van der Waals surface area contributed by atoms with Crippen LogP contribution in [0.25, 0.3) is 0 Å². The Labute approximate surface area is 128 Å². The number of aromatic nitrogens is 3. The Kier molecular flexibility index (Phi) is 4.94. The average molecular weight is 337 g/mol. The highest BCUT2D eigenvalue weighted by Gasteiger charge is 2.20. The zero-order chi connectivity index (χ0) is 14.7. The summed E-state index contributed by atoms with van der Waals surface area (Å²) in [4.78, 5) is 0. The second-order valence-corrected chi connectivity index (χ2v) is 5.88. The van der Waals surface area contributed by atoms with Crippen molar-refractivity contribution in [3.8, 4) is 0 Å². The minimum Gasteiger partial charge on any atom is -0.309 e. The van der Waals surface area contributed by atoms with Gasteiger partial charge in [-0.3, -0.25) is 0 Å². The van der Waals surface area contributed by atoms with Gasteiger partial charge < -0.3 is 5.32 Å². The van der Waals surface area contributed by atoms with E-state index in [2.05, 4.69) is 70.5 Å². The van der Waals surface area contributed by atoms with Crippen LogP contribution in [0.5, 0.6) is 0 Å². The number of nitrogens with zero attached hydrogens (tertiary/aromatic N) is 3. The van der Waals surface area contributed by atoms with E-state index in [1.54, 1.807) is 0 Å². The number of rotatable bonds is 5. The largest absolute Gasteiger partial charge is 0.309 e.